The molecule has 0 atom stereocenters. The number of carbonyl (C=O) groups excluding carboxylic acids is 1. The van der Waals surface area contributed by atoms with Crippen LogP contribution in [0.3, 0.4) is 0 Å². The largest absolute Gasteiger partial charge is 0.477 e. The van der Waals surface area contributed by atoms with Crippen molar-refractivity contribution in [3.05, 3.63) is 29.0 Å². The number of halogens is 3. The lowest BCUT2D eigenvalue weighted by Gasteiger charge is -2.20. The first kappa shape index (κ1) is 34.1. The van der Waals surface area contributed by atoms with Crippen LogP contribution >= 0.6 is 0 Å². The summed E-state index contributed by atoms with van der Waals surface area (Å²) in [4.78, 5) is 15.5. The molecule has 0 bridgehead atoms. The number of ether oxygens (including phenoxy) is 2. The fraction of sp³-hybridized carbons (Fsp3) is 0.583. The second-order valence-electron chi connectivity index (χ2n) is 6.25. The van der Waals surface area contributed by atoms with E-state index in [-0.39, 0.29) is 5.69 Å². The minimum absolute atomic E-state index is 0.273. The number of hydrogen-bond acceptors (Lipinski definition) is 4. The Labute approximate surface area is 191 Å². The molecule has 8 heteroatoms. The molecule has 2 N–H and O–H groups in total. The number of rotatable bonds is 4. The summed E-state index contributed by atoms with van der Waals surface area (Å²) in [6.07, 6.45) is 8.94. The average Bonchev–Trinajstić information content (AvgIpc) is 2.75. The van der Waals surface area contributed by atoms with Crippen LogP contribution in [0.1, 0.15) is 82.9 Å². The third kappa shape index (κ3) is 17.2. The standard InChI is InChI=1S/C14H18N2O2.C3H7F.C3H4.C2H4F2O.C2H6/c1-3-5-9(2)11-8-12(13(15)17)16-14-10(11)6-4-7-18-14;1-3(2)4;1-3-2;1-5-2(3)4;1-2/h5,8H,3-4,6-7H2,1-2H3,(H2,15,17);3H,1-2H3;1H,2H3;2H,1H3;1-2H3/b9-5+;;;;. The number of aromatic nitrogens is 1. The second kappa shape index (κ2) is 21.7. The van der Waals surface area contributed by atoms with E-state index in [2.05, 4.69) is 35.1 Å². The number of primary amides is 1. The first-order valence-corrected chi connectivity index (χ1v) is 10.5. The monoisotopic (exact) mass is 460 g/mol. The number of terminal acetylenes is 1. The Morgan fingerprint density at radius 1 is 1.38 bits per heavy atom. The molecule has 1 amide bonds. The molecule has 0 aromatic carbocycles. The first-order valence-electron chi connectivity index (χ1n) is 10.5. The van der Waals surface area contributed by atoms with Gasteiger partial charge in [0.05, 0.1) is 12.8 Å². The zero-order chi connectivity index (χ0) is 25.7. The molecule has 2 rings (SSSR count). The molecule has 1 aromatic rings. The molecule has 0 radical (unpaired) electrons. The molecule has 32 heavy (non-hydrogen) atoms. The van der Waals surface area contributed by atoms with Crippen molar-refractivity contribution in [2.45, 2.75) is 80.5 Å². The summed E-state index contributed by atoms with van der Waals surface area (Å²) < 4.78 is 41.0. The molecular formula is C24H39F3N2O3. The number of amides is 1. The van der Waals surface area contributed by atoms with E-state index in [1.54, 1.807) is 13.0 Å². The van der Waals surface area contributed by atoms with Gasteiger partial charge in [0.15, 0.2) is 0 Å². The topological polar surface area (TPSA) is 74.4 Å². The maximum atomic E-state index is 11.3. The van der Waals surface area contributed by atoms with Gasteiger partial charge in [-0.2, -0.15) is 8.78 Å². The van der Waals surface area contributed by atoms with Gasteiger partial charge >= 0.3 is 6.61 Å². The molecule has 1 aliphatic rings. The highest BCUT2D eigenvalue weighted by Crippen LogP contribution is 2.31. The molecule has 1 aromatic heterocycles. The summed E-state index contributed by atoms with van der Waals surface area (Å²) in [7, 11) is 0.949. The van der Waals surface area contributed by atoms with E-state index < -0.39 is 18.7 Å². The lowest BCUT2D eigenvalue weighted by Crippen LogP contribution is -2.18. The maximum Gasteiger partial charge on any atom is 0.345 e. The van der Waals surface area contributed by atoms with Crippen LogP contribution in [-0.4, -0.2) is 37.4 Å². The molecule has 0 fully saturated rings. The third-order valence-corrected chi connectivity index (χ3v) is 3.26. The molecule has 0 saturated carbocycles. The third-order valence-electron chi connectivity index (χ3n) is 3.26. The molecule has 0 aliphatic carbocycles. The smallest absolute Gasteiger partial charge is 0.345 e. The number of allylic oxidation sites excluding steroid dienone is 2. The number of nitrogens with two attached hydrogens (primary N) is 1. The summed E-state index contributed by atoms with van der Waals surface area (Å²) >= 11 is 0. The van der Waals surface area contributed by atoms with Crippen LogP contribution in [0, 0.1) is 12.3 Å². The van der Waals surface area contributed by atoms with E-state index in [1.807, 2.05) is 20.8 Å². The van der Waals surface area contributed by atoms with E-state index in [4.69, 9.17) is 10.5 Å². The Hall–Kier alpha value is -2.53. The van der Waals surface area contributed by atoms with Gasteiger partial charge in [-0.25, -0.2) is 9.37 Å². The van der Waals surface area contributed by atoms with Crippen molar-refractivity contribution >= 4 is 11.5 Å². The summed E-state index contributed by atoms with van der Waals surface area (Å²) in [5, 5.41) is 0. The van der Waals surface area contributed by atoms with Crippen molar-refractivity contribution in [3.8, 4) is 18.2 Å². The highest BCUT2D eigenvalue weighted by molar-refractivity contribution is 5.92. The zero-order valence-electron chi connectivity index (χ0n) is 20.6. The SMILES string of the molecule is C#CC.CC.CC(C)F.CC/C=C(\C)c1cc(C(N)=O)nc2c1CCCO2.COC(F)F. The molecular weight excluding hydrogens is 421 g/mol. The molecule has 0 saturated heterocycles. The highest BCUT2D eigenvalue weighted by Gasteiger charge is 2.19. The lowest BCUT2D eigenvalue weighted by molar-refractivity contribution is -0.105. The van der Waals surface area contributed by atoms with Gasteiger partial charge in [-0.3, -0.25) is 4.79 Å². The lowest BCUT2D eigenvalue weighted by atomic mass is 9.96. The zero-order valence-corrected chi connectivity index (χ0v) is 20.6. The number of pyridine rings is 1. The van der Waals surface area contributed by atoms with Crippen molar-refractivity contribution in [3.63, 3.8) is 0 Å². The molecule has 2 heterocycles. The van der Waals surface area contributed by atoms with Gasteiger partial charge in [0.2, 0.25) is 5.88 Å². The normalized spacial score (nSPS) is 11.4. The molecule has 0 spiro atoms. The van der Waals surface area contributed by atoms with Crippen molar-refractivity contribution in [1.29, 1.82) is 0 Å². The summed E-state index contributed by atoms with van der Waals surface area (Å²) in [6.45, 7) is 10.8. The van der Waals surface area contributed by atoms with E-state index in [9.17, 15) is 18.0 Å². The van der Waals surface area contributed by atoms with Gasteiger partial charge in [0.1, 0.15) is 5.69 Å². The van der Waals surface area contributed by atoms with E-state index >= 15 is 0 Å². The fourth-order valence-electron chi connectivity index (χ4n) is 2.22. The van der Waals surface area contributed by atoms with Crippen LogP contribution in [-0.2, 0) is 11.2 Å². The highest BCUT2D eigenvalue weighted by atomic mass is 19.3. The molecule has 1 aliphatic heterocycles. The van der Waals surface area contributed by atoms with Gasteiger partial charge in [0, 0.05) is 12.7 Å². The Bertz CT molecular complexity index is 698. The van der Waals surface area contributed by atoms with Crippen LogP contribution in [0.25, 0.3) is 5.57 Å². The molecule has 0 unspecified atom stereocenters. The predicted molar refractivity (Wildman–Crippen MR) is 126 cm³/mol. The van der Waals surface area contributed by atoms with Crippen LogP contribution in [0.15, 0.2) is 12.1 Å². The average molecular weight is 461 g/mol. The van der Waals surface area contributed by atoms with Gasteiger partial charge < -0.3 is 15.2 Å². The van der Waals surface area contributed by atoms with Gasteiger partial charge in [0.25, 0.3) is 5.91 Å². The number of nitrogens with zero attached hydrogens (tertiary/aromatic N) is 1. The van der Waals surface area contributed by atoms with Crippen molar-refractivity contribution in [2.24, 2.45) is 5.73 Å². The summed E-state index contributed by atoms with van der Waals surface area (Å²) in [5.74, 6) is 2.30. The number of carbonyl (C=O) groups is 1. The van der Waals surface area contributed by atoms with Crippen LogP contribution in [0.2, 0.25) is 0 Å². The van der Waals surface area contributed by atoms with Crippen molar-refractivity contribution < 1.29 is 27.4 Å². The number of hydrogen-bond donors (Lipinski definition) is 1. The second-order valence-corrected chi connectivity index (χ2v) is 6.25. The van der Waals surface area contributed by atoms with Crippen LogP contribution in [0.4, 0.5) is 13.2 Å². The minimum Gasteiger partial charge on any atom is -0.477 e. The fourth-order valence-corrected chi connectivity index (χ4v) is 2.22. The quantitative estimate of drug-likeness (QED) is 0.543. The Morgan fingerprint density at radius 2 is 1.84 bits per heavy atom. The molecule has 5 nitrogen and oxygen atoms in total. The van der Waals surface area contributed by atoms with Gasteiger partial charge in [-0.1, -0.05) is 26.8 Å². The summed E-state index contributed by atoms with van der Waals surface area (Å²) in [5.41, 5.74) is 8.86. The van der Waals surface area contributed by atoms with Crippen LogP contribution in [0.5, 0.6) is 5.88 Å². The Morgan fingerprint density at radius 3 is 2.22 bits per heavy atom. The van der Waals surface area contributed by atoms with Crippen molar-refractivity contribution in [1.82, 2.24) is 4.98 Å². The Balaban J connectivity index is -0.000000497. The minimum atomic E-state index is -2.62. The maximum absolute atomic E-state index is 11.3. The number of methoxy groups -OCH3 is 1. The van der Waals surface area contributed by atoms with Gasteiger partial charge in [-0.15, -0.1) is 12.3 Å². The van der Waals surface area contributed by atoms with E-state index in [1.165, 1.54) is 13.8 Å². The van der Waals surface area contributed by atoms with E-state index in [0.717, 1.165) is 43.1 Å². The first-order chi connectivity index (χ1) is 15.0. The van der Waals surface area contributed by atoms with E-state index in [0.29, 0.717) is 12.5 Å². The predicted octanol–water partition coefficient (Wildman–Crippen LogP) is 6.20. The van der Waals surface area contributed by atoms with Crippen molar-refractivity contribution in [2.75, 3.05) is 13.7 Å². The number of alkyl halides is 3. The van der Waals surface area contributed by atoms with Crippen LogP contribution < -0.4 is 10.5 Å². The Kier molecular flexibility index (Phi) is 23.1. The molecule has 184 valence electrons. The number of fused-ring (bicyclic) bond motifs is 1. The van der Waals surface area contributed by atoms with Gasteiger partial charge in [-0.05, 0) is 64.2 Å². The summed E-state index contributed by atoms with van der Waals surface area (Å²) in [6, 6.07) is 1.78.